The molecule has 2 aromatic heterocycles. The summed E-state index contributed by atoms with van der Waals surface area (Å²) < 4.78 is 2.17. The highest BCUT2D eigenvalue weighted by Crippen LogP contribution is 2.19. The van der Waals surface area contributed by atoms with Gasteiger partial charge in [0.05, 0.1) is 6.54 Å². The summed E-state index contributed by atoms with van der Waals surface area (Å²) >= 11 is 0. The Morgan fingerprint density at radius 1 is 1.19 bits per heavy atom. The third-order valence-electron chi connectivity index (χ3n) is 3.79. The van der Waals surface area contributed by atoms with E-state index in [2.05, 4.69) is 51.9 Å². The first-order valence-corrected chi connectivity index (χ1v) is 7.35. The van der Waals surface area contributed by atoms with Gasteiger partial charge in [0.1, 0.15) is 5.82 Å². The van der Waals surface area contributed by atoms with Gasteiger partial charge >= 0.3 is 0 Å². The summed E-state index contributed by atoms with van der Waals surface area (Å²) in [6.45, 7) is 2.82. The lowest BCUT2D eigenvalue weighted by Gasteiger charge is -2.09. The smallest absolute Gasteiger partial charge is 0.147 e. The summed E-state index contributed by atoms with van der Waals surface area (Å²) in [4.78, 5) is 8.56. The van der Waals surface area contributed by atoms with Crippen LogP contribution in [0.4, 0.5) is 0 Å². The Labute approximate surface area is 124 Å². The lowest BCUT2D eigenvalue weighted by Crippen LogP contribution is -2.21. The first kappa shape index (κ1) is 13.8. The molecule has 108 valence electrons. The van der Waals surface area contributed by atoms with Crippen LogP contribution in [0.25, 0.3) is 10.9 Å². The van der Waals surface area contributed by atoms with Gasteiger partial charge in [-0.2, -0.15) is 0 Å². The van der Waals surface area contributed by atoms with Crippen LogP contribution in [-0.2, 0) is 13.0 Å². The van der Waals surface area contributed by atoms with Gasteiger partial charge in [-0.3, -0.25) is 0 Å². The van der Waals surface area contributed by atoms with E-state index in [-0.39, 0.29) is 6.04 Å². The van der Waals surface area contributed by atoms with E-state index in [4.69, 9.17) is 5.73 Å². The number of nitrogens with zero attached hydrogens (tertiary/aromatic N) is 3. The summed E-state index contributed by atoms with van der Waals surface area (Å²) in [6, 6.07) is 10.8. The number of benzene rings is 1. The molecule has 0 bridgehead atoms. The van der Waals surface area contributed by atoms with Gasteiger partial charge < -0.3 is 10.3 Å². The highest BCUT2D eigenvalue weighted by atomic mass is 15.0. The zero-order chi connectivity index (χ0) is 14.7. The minimum atomic E-state index is 0.238. The van der Waals surface area contributed by atoms with E-state index in [9.17, 15) is 0 Å². The second-order valence-corrected chi connectivity index (χ2v) is 5.37. The van der Waals surface area contributed by atoms with Gasteiger partial charge in [-0.1, -0.05) is 13.0 Å². The molecule has 3 aromatic rings. The van der Waals surface area contributed by atoms with E-state index >= 15 is 0 Å². The lowest BCUT2D eigenvalue weighted by molar-refractivity contribution is 0.647. The molecule has 0 aliphatic carbocycles. The Hall–Kier alpha value is -2.20. The number of fused-ring (bicyclic) bond motifs is 1. The van der Waals surface area contributed by atoms with Crippen LogP contribution in [0, 0.1) is 0 Å². The zero-order valence-electron chi connectivity index (χ0n) is 12.2. The zero-order valence-corrected chi connectivity index (χ0v) is 12.2. The van der Waals surface area contributed by atoms with E-state index in [1.807, 2.05) is 6.07 Å². The molecule has 0 fully saturated rings. The summed E-state index contributed by atoms with van der Waals surface area (Å²) in [7, 11) is 0. The molecule has 21 heavy (non-hydrogen) atoms. The van der Waals surface area contributed by atoms with Crippen LogP contribution in [0.2, 0.25) is 0 Å². The first-order chi connectivity index (χ1) is 10.3. The molecule has 4 nitrogen and oxygen atoms in total. The normalized spacial score (nSPS) is 12.7. The minimum Gasteiger partial charge on any atom is -0.340 e. The van der Waals surface area contributed by atoms with Crippen molar-refractivity contribution in [3.8, 4) is 0 Å². The summed E-state index contributed by atoms with van der Waals surface area (Å²) in [5.41, 5.74) is 8.54. The van der Waals surface area contributed by atoms with Crippen LogP contribution >= 0.6 is 0 Å². The molecule has 3 rings (SSSR count). The standard InChI is InChI=1S/C17H20N4/c1-2-15(18)11-13-4-5-16-14(10-13)6-9-21(16)12-17-19-7-3-8-20-17/h3-10,15H,2,11-12,18H2,1H3. The van der Waals surface area contributed by atoms with Crippen molar-refractivity contribution in [3.05, 3.63) is 60.3 Å². The van der Waals surface area contributed by atoms with Gasteiger partial charge in [0.15, 0.2) is 0 Å². The SMILES string of the molecule is CCC(N)Cc1ccc2c(ccn2Cc2ncccn2)c1. The second-order valence-electron chi connectivity index (χ2n) is 5.37. The summed E-state index contributed by atoms with van der Waals surface area (Å²) in [5, 5.41) is 1.24. The van der Waals surface area contributed by atoms with Gasteiger partial charge in [0.2, 0.25) is 0 Å². The molecule has 4 heteroatoms. The van der Waals surface area contributed by atoms with Crippen molar-refractivity contribution in [3.63, 3.8) is 0 Å². The van der Waals surface area contributed by atoms with Crippen LogP contribution in [0.15, 0.2) is 48.9 Å². The molecule has 0 saturated carbocycles. The maximum atomic E-state index is 6.03. The molecule has 0 saturated heterocycles. The first-order valence-electron chi connectivity index (χ1n) is 7.35. The van der Waals surface area contributed by atoms with Crippen molar-refractivity contribution in [2.75, 3.05) is 0 Å². The lowest BCUT2D eigenvalue weighted by atomic mass is 10.0. The average molecular weight is 280 g/mol. The van der Waals surface area contributed by atoms with E-state index in [0.717, 1.165) is 18.7 Å². The fraction of sp³-hybridized carbons (Fsp3) is 0.294. The Balaban J connectivity index is 1.86. The van der Waals surface area contributed by atoms with Crippen molar-refractivity contribution in [1.29, 1.82) is 0 Å². The second kappa shape index (κ2) is 6.06. The fourth-order valence-corrected chi connectivity index (χ4v) is 2.53. The number of hydrogen-bond donors (Lipinski definition) is 1. The van der Waals surface area contributed by atoms with Gasteiger partial charge in [0, 0.05) is 30.1 Å². The number of aromatic nitrogens is 3. The number of nitrogens with two attached hydrogens (primary N) is 1. The van der Waals surface area contributed by atoms with Crippen LogP contribution in [-0.4, -0.2) is 20.6 Å². The molecule has 1 atom stereocenters. The number of hydrogen-bond acceptors (Lipinski definition) is 3. The van der Waals surface area contributed by atoms with Gasteiger partial charge in [0.25, 0.3) is 0 Å². The third-order valence-corrected chi connectivity index (χ3v) is 3.79. The highest BCUT2D eigenvalue weighted by molar-refractivity contribution is 5.81. The average Bonchev–Trinajstić information content (AvgIpc) is 2.90. The molecule has 1 unspecified atom stereocenters. The van der Waals surface area contributed by atoms with Crippen molar-refractivity contribution in [1.82, 2.24) is 14.5 Å². The van der Waals surface area contributed by atoms with Gasteiger partial charge in [-0.05, 0) is 48.1 Å². The van der Waals surface area contributed by atoms with E-state index < -0.39 is 0 Å². The monoisotopic (exact) mass is 280 g/mol. The summed E-state index contributed by atoms with van der Waals surface area (Å²) in [6.07, 6.45) is 7.57. The highest BCUT2D eigenvalue weighted by Gasteiger charge is 2.06. The minimum absolute atomic E-state index is 0.238. The van der Waals surface area contributed by atoms with Crippen LogP contribution < -0.4 is 5.73 Å². The van der Waals surface area contributed by atoms with Crippen LogP contribution in [0.5, 0.6) is 0 Å². The maximum Gasteiger partial charge on any atom is 0.147 e. The predicted molar refractivity (Wildman–Crippen MR) is 85.0 cm³/mol. The molecular weight excluding hydrogens is 260 g/mol. The van der Waals surface area contributed by atoms with Crippen molar-refractivity contribution in [2.45, 2.75) is 32.4 Å². The largest absolute Gasteiger partial charge is 0.340 e. The molecule has 2 N–H and O–H groups in total. The Bertz CT molecular complexity index is 718. The third kappa shape index (κ3) is 3.11. The topological polar surface area (TPSA) is 56.7 Å². The molecule has 2 heterocycles. The molecular formula is C17H20N4. The van der Waals surface area contributed by atoms with Crippen molar-refractivity contribution < 1.29 is 0 Å². The molecule has 0 amide bonds. The van der Waals surface area contributed by atoms with Crippen molar-refractivity contribution >= 4 is 10.9 Å². The predicted octanol–water partition coefficient (Wildman–Crippen LogP) is 2.76. The Morgan fingerprint density at radius 2 is 2.00 bits per heavy atom. The molecule has 0 aliphatic heterocycles. The molecule has 0 radical (unpaired) electrons. The molecule has 0 aliphatic rings. The molecule has 0 spiro atoms. The quantitative estimate of drug-likeness (QED) is 0.782. The Morgan fingerprint density at radius 3 is 2.76 bits per heavy atom. The van der Waals surface area contributed by atoms with E-state index in [1.54, 1.807) is 12.4 Å². The number of rotatable bonds is 5. The Kier molecular flexibility index (Phi) is 3.97. The maximum absolute atomic E-state index is 6.03. The van der Waals surface area contributed by atoms with Gasteiger partial charge in [-0.15, -0.1) is 0 Å². The van der Waals surface area contributed by atoms with E-state index in [0.29, 0.717) is 6.54 Å². The van der Waals surface area contributed by atoms with E-state index in [1.165, 1.54) is 16.5 Å². The molecule has 1 aromatic carbocycles. The summed E-state index contributed by atoms with van der Waals surface area (Å²) in [5.74, 6) is 0.826. The van der Waals surface area contributed by atoms with Crippen LogP contribution in [0.1, 0.15) is 24.7 Å². The van der Waals surface area contributed by atoms with Crippen molar-refractivity contribution in [2.24, 2.45) is 5.73 Å². The van der Waals surface area contributed by atoms with Gasteiger partial charge in [-0.25, -0.2) is 9.97 Å². The fourth-order valence-electron chi connectivity index (χ4n) is 2.53. The van der Waals surface area contributed by atoms with Crippen LogP contribution in [0.3, 0.4) is 0 Å².